The molecule has 0 amide bonds. The van der Waals surface area contributed by atoms with Crippen LogP contribution in [0.4, 0.5) is 0 Å². The average Bonchev–Trinajstić information content (AvgIpc) is 2.77. The molecule has 2 nitrogen and oxygen atoms in total. The first-order valence-corrected chi connectivity index (χ1v) is 8.51. The minimum atomic E-state index is 0.775. The molecule has 112 valence electrons. The number of nitrogens with zero attached hydrogens (tertiary/aromatic N) is 1. The normalized spacial score (nSPS) is 37.1. The SMILES string of the molecule is CC(C)CNCC1CCN(C2CCC(C)CC2C)C1. The molecule has 1 aliphatic carbocycles. The van der Waals surface area contributed by atoms with Crippen LogP contribution in [0.25, 0.3) is 0 Å². The summed E-state index contributed by atoms with van der Waals surface area (Å²) in [5.74, 6) is 3.53. The van der Waals surface area contributed by atoms with Crippen molar-refractivity contribution in [2.45, 2.75) is 59.4 Å². The second-order valence-electron chi connectivity index (χ2n) is 7.66. The van der Waals surface area contributed by atoms with Gasteiger partial charge in [0.1, 0.15) is 0 Å². The third kappa shape index (κ3) is 4.46. The fourth-order valence-corrected chi connectivity index (χ4v) is 4.10. The molecule has 4 unspecified atom stereocenters. The monoisotopic (exact) mass is 266 g/mol. The lowest BCUT2D eigenvalue weighted by Crippen LogP contribution is -2.42. The van der Waals surface area contributed by atoms with E-state index in [0.29, 0.717) is 0 Å². The first-order valence-electron chi connectivity index (χ1n) is 8.51. The molecule has 2 fully saturated rings. The van der Waals surface area contributed by atoms with Crippen LogP contribution in [0.5, 0.6) is 0 Å². The van der Waals surface area contributed by atoms with E-state index in [-0.39, 0.29) is 0 Å². The molecule has 0 aromatic heterocycles. The fraction of sp³-hybridized carbons (Fsp3) is 1.00. The highest BCUT2D eigenvalue weighted by Gasteiger charge is 2.33. The van der Waals surface area contributed by atoms with Gasteiger partial charge in [0, 0.05) is 12.6 Å². The van der Waals surface area contributed by atoms with Crippen LogP contribution in [-0.2, 0) is 0 Å². The first-order chi connectivity index (χ1) is 9.06. The molecule has 1 heterocycles. The molecule has 19 heavy (non-hydrogen) atoms. The highest BCUT2D eigenvalue weighted by molar-refractivity contribution is 4.88. The highest BCUT2D eigenvalue weighted by Crippen LogP contribution is 2.34. The maximum Gasteiger partial charge on any atom is 0.0121 e. The second-order valence-corrected chi connectivity index (χ2v) is 7.66. The Balaban J connectivity index is 1.72. The van der Waals surface area contributed by atoms with Crippen molar-refractivity contribution in [2.75, 3.05) is 26.2 Å². The predicted octanol–water partition coefficient (Wildman–Crippen LogP) is 3.38. The zero-order valence-electron chi connectivity index (χ0n) is 13.5. The van der Waals surface area contributed by atoms with Gasteiger partial charge in [-0.05, 0) is 69.0 Å². The van der Waals surface area contributed by atoms with E-state index in [1.165, 1.54) is 51.9 Å². The van der Waals surface area contributed by atoms with Crippen LogP contribution < -0.4 is 5.32 Å². The Bertz CT molecular complexity index is 264. The lowest BCUT2D eigenvalue weighted by Gasteiger charge is -2.38. The molecule has 0 spiro atoms. The summed E-state index contributed by atoms with van der Waals surface area (Å²) in [6, 6.07) is 0.881. The van der Waals surface area contributed by atoms with Crippen molar-refractivity contribution < 1.29 is 0 Å². The molecule has 0 aromatic rings. The van der Waals surface area contributed by atoms with Crippen molar-refractivity contribution in [2.24, 2.45) is 23.7 Å². The molecule has 2 heteroatoms. The van der Waals surface area contributed by atoms with Gasteiger partial charge in [-0.15, -0.1) is 0 Å². The maximum absolute atomic E-state index is 3.64. The van der Waals surface area contributed by atoms with Gasteiger partial charge in [-0.1, -0.05) is 27.7 Å². The van der Waals surface area contributed by atoms with E-state index < -0.39 is 0 Å². The minimum absolute atomic E-state index is 0.775. The van der Waals surface area contributed by atoms with Gasteiger partial charge < -0.3 is 5.32 Å². The molecule has 1 saturated carbocycles. The molecular weight excluding hydrogens is 232 g/mol. The Hall–Kier alpha value is -0.0800. The highest BCUT2D eigenvalue weighted by atomic mass is 15.2. The maximum atomic E-state index is 3.64. The molecule has 1 N–H and O–H groups in total. The second kappa shape index (κ2) is 7.08. The third-order valence-corrected chi connectivity index (χ3v) is 5.16. The first kappa shape index (κ1) is 15.3. The largest absolute Gasteiger partial charge is 0.316 e. The molecule has 0 bridgehead atoms. The quantitative estimate of drug-likeness (QED) is 0.820. The van der Waals surface area contributed by atoms with E-state index in [1.807, 2.05) is 0 Å². The summed E-state index contributed by atoms with van der Waals surface area (Å²) >= 11 is 0. The van der Waals surface area contributed by atoms with Crippen molar-refractivity contribution in [1.82, 2.24) is 10.2 Å². The third-order valence-electron chi connectivity index (χ3n) is 5.16. The Morgan fingerprint density at radius 2 is 1.95 bits per heavy atom. The van der Waals surface area contributed by atoms with E-state index in [0.717, 1.165) is 29.7 Å². The smallest absolute Gasteiger partial charge is 0.0121 e. The Morgan fingerprint density at radius 1 is 1.16 bits per heavy atom. The standard InChI is InChI=1S/C17H34N2/c1-13(2)10-18-11-16-7-8-19(12-16)17-6-5-14(3)9-15(17)4/h13-18H,5-12H2,1-4H3. The zero-order valence-corrected chi connectivity index (χ0v) is 13.5. The van der Waals surface area contributed by atoms with E-state index in [1.54, 1.807) is 0 Å². The Morgan fingerprint density at radius 3 is 2.63 bits per heavy atom. The van der Waals surface area contributed by atoms with Crippen molar-refractivity contribution in [1.29, 1.82) is 0 Å². The van der Waals surface area contributed by atoms with Crippen LogP contribution in [-0.4, -0.2) is 37.1 Å². The number of hydrogen-bond donors (Lipinski definition) is 1. The molecule has 0 radical (unpaired) electrons. The number of nitrogens with one attached hydrogen (secondary N) is 1. The molecule has 2 aliphatic rings. The van der Waals surface area contributed by atoms with Gasteiger partial charge in [0.25, 0.3) is 0 Å². The summed E-state index contributed by atoms with van der Waals surface area (Å²) in [6.07, 6.45) is 5.73. The van der Waals surface area contributed by atoms with Crippen molar-refractivity contribution in [3.63, 3.8) is 0 Å². The van der Waals surface area contributed by atoms with E-state index >= 15 is 0 Å². The summed E-state index contributed by atoms with van der Waals surface area (Å²) in [5, 5.41) is 3.64. The van der Waals surface area contributed by atoms with Crippen LogP contribution in [0.1, 0.15) is 53.4 Å². The van der Waals surface area contributed by atoms with Crippen molar-refractivity contribution >= 4 is 0 Å². The lowest BCUT2D eigenvalue weighted by atomic mass is 9.79. The van der Waals surface area contributed by atoms with Crippen LogP contribution in [0.15, 0.2) is 0 Å². The molecular formula is C17H34N2. The van der Waals surface area contributed by atoms with Gasteiger partial charge in [-0.3, -0.25) is 4.90 Å². The number of rotatable bonds is 5. The van der Waals surface area contributed by atoms with Gasteiger partial charge in [0.05, 0.1) is 0 Å². The van der Waals surface area contributed by atoms with Crippen LogP contribution in [0.3, 0.4) is 0 Å². The minimum Gasteiger partial charge on any atom is -0.316 e. The summed E-state index contributed by atoms with van der Waals surface area (Å²) in [6.45, 7) is 14.6. The topological polar surface area (TPSA) is 15.3 Å². The number of likely N-dealkylation sites (tertiary alicyclic amines) is 1. The zero-order chi connectivity index (χ0) is 13.8. The van der Waals surface area contributed by atoms with Crippen LogP contribution >= 0.6 is 0 Å². The summed E-state index contributed by atoms with van der Waals surface area (Å²) in [5.41, 5.74) is 0. The van der Waals surface area contributed by atoms with E-state index in [9.17, 15) is 0 Å². The molecule has 1 aliphatic heterocycles. The average molecular weight is 266 g/mol. The molecule has 0 aromatic carbocycles. The predicted molar refractivity (Wildman–Crippen MR) is 83.4 cm³/mol. The fourth-order valence-electron chi connectivity index (χ4n) is 4.10. The molecule has 2 rings (SSSR count). The van der Waals surface area contributed by atoms with E-state index in [2.05, 4.69) is 37.9 Å². The van der Waals surface area contributed by atoms with E-state index in [4.69, 9.17) is 0 Å². The summed E-state index contributed by atoms with van der Waals surface area (Å²) in [7, 11) is 0. The Kier molecular flexibility index (Phi) is 5.70. The van der Waals surface area contributed by atoms with Crippen LogP contribution in [0, 0.1) is 23.7 Å². The van der Waals surface area contributed by atoms with Gasteiger partial charge >= 0.3 is 0 Å². The number of hydrogen-bond acceptors (Lipinski definition) is 2. The van der Waals surface area contributed by atoms with Gasteiger partial charge in [0.15, 0.2) is 0 Å². The van der Waals surface area contributed by atoms with Crippen molar-refractivity contribution in [3.05, 3.63) is 0 Å². The van der Waals surface area contributed by atoms with Crippen molar-refractivity contribution in [3.8, 4) is 0 Å². The molecule has 4 atom stereocenters. The van der Waals surface area contributed by atoms with Gasteiger partial charge in [-0.2, -0.15) is 0 Å². The summed E-state index contributed by atoms with van der Waals surface area (Å²) in [4.78, 5) is 2.80. The molecule has 1 saturated heterocycles. The summed E-state index contributed by atoms with van der Waals surface area (Å²) < 4.78 is 0. The van der Waals surface area contributed by atoms with Gasteiger partial charge in [0.2, 0.25) is 0 Å². The lowest BCUT2D eigenvalue weighted by molar-refractivity contribution is 0.112. The van der Waals surface area contributed by atoms with Gasteiger partial charge in [-0.25, -0.2) is 0 Å². The Labute approximate surface area is 120 Å². The van der Waals surface area contributed by atoms with Crippen LogP contribution in [0.2, 0.25) is 0 Å².